The van der Waals surface area contributed by atoms with Gasteiger partial charge < -0.3 is 9.84 Å². The van der Waals surface area contributed by atoms with Gasteiger partial charge in [0.25, 0.3) is 0 Å². The van der Waals surface area contributed by atoms with Crippen LogP contribution in [0.25, 0.3) is 0 Å². The van der Waals surface area contributed by atoms with Gasteiger partial charge in [-0.25, -0.2) is 0 Å². The van der Waals surface area contributed by atoms with Crippen LogP contribution in [0.15, 0.2) is 0 Å². The summed E-state index contributed by atoms with van der Waals surface area (Å²) in [5.41, 5.74) is 0. The maximum absolute atomic E-state index is 9.77. The summed E-state index contributed by atoms with van der Waals surface area (Å²) < 4.78 is 4.64. The summed E-state index contributed by atoms with van der Waals surface area (Å²) in [6, 6.07) is 0. The monoisotopic (exact) mass is 144 g/mol. The predicted molar refractivity (Wildman–Crippen MR) is 30.5 cm³/mol. The molecule has 0 aromatic carbocycles. The van der Waals surface area contributed by atoms with E-state index in [9.17, 15) is 4.79 Å². The quantitative estimate of drug-likeness (QED) is 0.397. The second kappa shape index (κ2) is 3.67. The third-order valence-electron chi connectivity index (χ3n) is 0.805. The fourth-order valence-corrected chi connectivity index (χ4v) is 0.381. The molecule has 0 bridgehead atoms. The van der Waals surface area contributed by atoms with Crippen LogP contribution in [0.5, 0.6) is 0 Å². The molecule has 0 aliphatic carbocycles. The zero-order valence-corrected chi connectivity index (χ0v) is 3.76. The van der Waals surface area contributed by atoms with Crippen LogP contribution in [0.1, 0.15) is 6.42 Å². The Kier molecular flexibility index (Phi) is 3.98. The fraction of sp³-hybridized carbons (Fsp3) is 0.750. The zero-order valence-electron chi connectivity index (χ0n) is 3.76. The molecular weight excluding hydrogens is 136 g/mol. The molecule has 0 radical (unpaired) electrons. The van der Waals surface area contributed by atoms with Gasteiger partial charge in [0.05, 0.1) is 19.1 Å². The van der Waals surface area contributed by atoms with Crippen LogP contribution in [0, 0.1) is 0 Å². The topological polar surface area (TPSA) is 49.8 Å². The zero-order chi connectivity index (χ0) is 5.28. The van der Waals surface area contributed by atoms with Crippen LogP contribution in [-0.4, -0.2) is 61.5 Å². The number of epoxide rings is 1. The average molecular weight is 144 g/mol. The van der Waals surface area contributed by atoms with Crippen molar-refractivity contribution in [2.24, 2.45) is 0 Å². The van der Waals surface area contributed by atoms with Crippen molar-refractivity contribution in [2.75, 3.05) is 6.61 Å². The first kappa shape index (κ1) is 8.69. The summed E-state index contributed by atoms with van der Waals surface area (Å²) in [6.45, 7) is 0.631. The van der Waals surface area contributed by atoms with Gasteiger partial charge in [0.1, 0.15) is 0 Å². The van der Waals surface area contributed by atoms with Gasteiger partial charge in [0.15, 0.2) is 0 Å². The van der Waals surface area contributed by atoms with Crippen molar-refractivity contribution in [1.82, 2.24) is 0 Å². The van der Waals surface area contributed by atoms with Crippen LogP contribution in [0.3, 0.4) is 0 Å². The fourth-order valence-electron chi connectivity index (χ4n) is 0.381. The number of ether oxygens (including phenoxy) is 1. The Morgan fingerprint density at radius 1 is 1.88 bits per heavy atom. The van der Waals surface area contributed by atoms with E-state index in [0.29, 0.717) is 6.61 Å². The summed E-state index contributed by atoms with van der Waals surface area (Å²) in [7, 11) is 0. The molecule has 4 heteroatoms. The molecule has 3 nitrogen and oxygen atoms in total. The van der Waals surface area contributed by atoms with Gasteiger partial charge in [0, 0.05) is 0 Å². The van der Waals surface area contributed by atoms with Crippen LogP contribution in [-0.2, 0) is 9.53 Å². The first-order valence-corrected chi connectivity index (χ1v) is 2.12. The van der Waals surface area contributed by atoms with E-state index in [1.165, 1.54) is 0 Å². The molecule has 0 amide bonds. The van der Waals surface area contributed by atoms with Crippen molar-refractivity contribution in [2.45, 2.75) is 12.5 Å². The molecule has 1 aliphatic rings. The van der Waals surface area contributed by atoms with Gasteiger partial charge in [-0.2, -0.15) is 0 Å². The molecule has 0 saturated carbocycles. The Labute approximate surface area is 77.0 Å². The number of hydrogen-bond donors (Lipinski definition) is 1. The number of carboxylic acids is 1. The van der Waals surface area contributed by atoms with Crippen molar-refractivity contribution < 1.29 is 14.6 Å². The van der Waals surface area contributed by atoms with E-state index in [4.69, 9.17) is 5.11 Å². The van der Waals surface area contributed by atoms with Crippen LogP contribution in [0.2, 0.25) is 0 Å². The third kappa shape index (κ3) is 3.66. The number of aliphatic carboxylic acids is 1. The number of carboxylic acid groups (broad SMARTS) is 1. The summed E-state index contributed by atoms with van der Waals surface area (Å²) >= 11 is 0. The van der Waals surface area contributed by atoms with E-state index >= 15 is 0 Å². The van der Waals surface area contributed by atoms with Crippen molar-refractivity contribution in [3.8, 4) is 0 Å². The molecule has 1 fully saturated rings. The molecular formula is C4H8CaO3. The SMILES string of the molecule is O=C(O)CC1CO1.[CaH2]. The normalized spacial score (nSPS) is 23.8. The van der Waals surface area contributed by atoms with Crippen LogP contribution >= 0.6 is 0 Å². The standard InChI is InChI=1S/C4H6O3.Ca.2H/c5-4(6)1-3-2-7-3;;;/h3H,1-2H2,(H,5,6);;;. The van der Waals surface area contributed by atoms with E-state index in [-0.39, 0.29) is 50.3 Å². The molecule has 8 heavy (non-hydrogen) atoms. The second-order valence-corrected chi connectivity index (χ2v) is 1.55. The molecule has 0 aromatic rings. The Bertz CT molecular complexity index is 89.3. The molecule has 1 heterocycles. The Morgan fingerprint density at radius 3 is 2.50 bits per heavy atom. The summed E-state index contributed by atoms with van der Waals surface area (Å²) in [4.78, 5) is 9.77. The van der Waals surface area contributed by atoms with Gasteiger partial charge in [-0.15, -0.1) is 0 Å². The van der Waals surface area contributed by atoms with Crippen molar-refractivity contribution in [1.29, 1.82) is 0 Å². The number of carbonyl (C=O) groups is 1. The van der Waals surface area contributed by atoms with Crippen molar-refractivity contribution in [3.63, 3.8) is 0 Å². The molecule has 1 atom stereocenters. The minimum atomic E-state index is -0.775. The molecule has 1 saturated heterocycles. The van der Waals surface area contributed by atoms with E-state index in [0.717, 1.165) is 0 Å². The van der Waals surface area contributed by atoms with Gasteiger partial charge >= 0.3 is 43.7 Å². The van der Waals surface area contributed by atoms with Gasteiger partial charge in [-0.3, -0.25) is 4.79 Å². The average Bonchev–Trinajstić information content (AvgIpc) is 2.17. The predicted octanol–water partition coefficient (Wildman–Crippen LogP) is -1.06. The molecule has 1 N–H and O–H groups in total. The van der Waals surface area contributed by atoms with E-state index in [1.54, 1.807) is 0 Å². The summed E-state index contributed by atoms with van der Waals surface area (Å²) in [5, 5.41) is 8.04. The van der Waals surface area contributed by atoms with Crippen LogP contribution < -0.4 is 0 Å². The minimum absolute atomic E-state index is 0. The Balaban J connectivity index is 0.000000490. The Hall–Kier alpha value is 0.690. The van der Waals surface area contributed by atoms with Crippen molar-refractivity contribution in [3.05, 3.63) is 0 Å². The molecule has 1 rings (SSSR count). The van der Waals surface area contributed by atoms with Gasteiger partial charge in [-0.1, -0.05) is 0 Å². The number of rotatable bonds is 2. The van der Waals surface area contributed by atoms with Crippen LogP contribution in [0.4, 0.5) is 0 Å². The summed E-state index contributed by atoms with van der Waals surface area (Å²) in [5.74, 6) is -0.775. The van der Waals surface area contributed by atoms with E-state index in [1.807, 2.05) is 0 Å². The first-order chi connectivity index (χ1) is 3.29. The molecule has 0 aromatic heterocycles. The first-order valence-electron chi connectivity index (χ1n) is 2.12. The summed E-state index contributed by atoms with van der Waals surface area (Å²) in [6.07, 6.45) is 0.192. The van der Waals surface area contributed by atoms with Gasteiger partial charge in [-0.05, 0) is 0 Å². The van der Waals surface area contributed by atoms with Gasteiger partial charge in [0.2, 0.25) is 0 Å². The molecule has 1 unspecified atom stereocenters. The maximum atomic E-state index is 9.77. The third-order valence-corrected chi connectivity index (χ3v) is 0.805. The van der Waals surface area contributed by atoms with Crippen molar-refractivity contribution >= 4 is 43.7 Å². The second-order valence-electron chi connectivity index (χ2n) is 1.55. The van der Waals surface area contributed by atoms with E-state index < -0.39 is 5.97 Å². The van der Waals surface area contributed by atoms with E-state index in [2.05, 4.69) is 4.74 Å². The Morgan fingerprint density at radius 2 is 2.38 bits per heavy atom. The molecule has 1 aliphatic heterocycles. The molecule has 44 valence electrons. The number of hydrogen-bond acceptors (Lipinski definition) is 2. The molecule has 0 spiro atoms.